The first-order valence-electron chi connectivity index (χ1n) is 7.57. The highest BCUT2D eigenvalue weighted by Gasteiger charge is 2.32. The molecule has 26 heavy (non-hydrogen) atoms. The van der Waals surface area contributed by atoms with Crippen molar-refractivity contribution >= 4 is 23.2 Å². The van der Waals surface area contributed by atoms with E-state index in [4.69, 9.17) is 17.3 Å². The third-order valence-electron chi connectivity index (χ3n) is 4.08. The number of alkyl halides is 3. The van der Waals surface area contributed by atoms with Crippen LogP contribution in [0.15, 0.2) is 29.3 Å². The third-order valence-corrected chi connectivity index (χ3v) is 4.44. The van der Waals surface area contributed by atoms with Crippen molar-refractivity contribution in [1.82, 2.24) is 14.8 Å². The number of hydrogen-bond donors (Lipinski definition) is 1. The number of pyridine rings is 1. The quantitative estimate of drug-likeness (QED) is 0.866. The number of halogens is 4. The number of nitrogens with zero attached hydrogens (tertiary/aromatic N) is 4. The van der Waals surface area contributed by atoms with Crippen LogP contribution in [0.2, 0.25) is 5.02 Å². The van der Waals surface area contributed by atoms with E-state index in [1.807, 2.05) is 0 Å². The summed E-state index contributed by atoms with van der Waals surface area (Å²) >= 11 is 6.13. The van der Waals surface area contributed by atoms with Gasteiger partial charge >= 0.3 is 6.18 Å². The minimum atomic E-state index is -4.54. The van der Waals surface area contributed by atoms with Gasteiger partial charge in [-0.2, -0.15) is 23.0 Å². The molecule has 1 saturated heterocycles. The average Bonchev–Trinajstić information content (AvgIpc) is 3.06. The molecular weight excluding hydrogens is 375 g/mol. The summed E-state index contributed by atoms with van der Waals surface area (Å²) < 4.78 is 38.6. The van der Waals surface area contributed by atoms with Crippen molar-refractivity contribution in [2.24, 2.45) is 5.73 Å². The molecule has 1 aliphatic heterocycles. The number of aromatic nitrogens is 3. The van der Waals surface area contributed by atoms with Gasteiger partial charge in [-0.3, -0.25) is 9.59 Å². The van der Waals surface area contributed by atoms with E-state index in [-0.39, 0.29) is 16.5 Å². The molecular formula is C15H13ClF3N5O2. The predicted octanol–water partition coefficient (Wildman–Crippen LogP) is 1.75. The van der Waals surface area contributed by atoms with Crippen molar-refractivity contribution < 1.29 is 18.0 Å². The largest absolute Gasteiger partial charge is 0.417 e. The molecule has 3 heterocycles. The molecule has 1 unspecified atom stereocenters. The lowest BCUT2D eigenvalue weighted by Crippen LogP contribution is -2.41. The molecule has 138 valence electrons. The van der Waals surface area contributed by atoms with Gasteiger partial charge in [0.1, 0.15) is 11.1 Å². The van der Waals surface area contributed by atoms with Crippen LogP contribution in [0.25, 0.3) is 5.82 Å². The van der Waals surface area contributed by atoms with Crippen LogP contribution in [0, 0.1) is 0 Å². The summed E-state index contributed by atoms with van der Waals surface area (Å²) in [5.41, 5.74) is 3.90. The van der Waals surface area contributed by atoms with E-state index in [9.17, 15) is 22.8 Å². The van der Waals surface area contributed by atoms with Crippen LogP contribution in [-0.2, 0) is 11.0 Å². The summed E-state index contributed by atoms with van der Waals surface area (Å²) in [7, 11) is 0. The Morgan fingerprint density at radius 2 is 2.04 bits per heavy atom. The predicted molar refractivity (Wildman–Crippen MR) is 87.2 cm³/mol. The van der Waals surface area contributed by atoms with E-state index in [0.717, 1.165) is 16.8 Å². The lowest BCUT2D eigenvalue weighted by atomic mass is 10.2. The van der Waals surface area contributed by atoms with Gasteiger partial charge in [-0.25, -0.2) is 4.98 Å². The smallest absolute Gasteiger partial charge is 0.368 e. The zero-order chi connectivity index (χ0) is 19.1. The van der Waals surface area contributed by atoms with Gasteiger partial charge in [0.15, 0.2) is 5.82 Å². The number of hydrogen-bond acceptors (Lipinski definition) is 5. The van der Waals surface area contributed by atoms with Crippen LogP contribution < -0.4 is 16.2 Å². The fourth-order valence-corrected chi connectivity index (χ4v) is 3.05. The monoisotopic (exact) mass is 387 g/mol. The SMILES string of the molecule is NC(=O)C1CCCN1c1cnn(-c2ccc(C(F)(F)F)cn2)c(=O)c1Cl. The highest BCUT2D eigenvalue weighted by atomic mass is 35.5. The standard InChI is InChI=1S/C15H13ClF3N5O2/c16-12-10(23-5-1-2-9(23)13(20)25)7-22-24(14(12)26)11-4-3-8(6-21-11)15(17,18)19/h3-4,6-7,9H,1-2,5H2,(H2,20,25). The van der Waals surface area contributed by atoms with Gasteiger partial charge in [0.05, 0.1) is 17.4 Å². The van der Waals surface area contributed by atoms with E-state index in [1.54, 1.807) is 4.90 Å². The second kappa shape index (κ2) is 6.60. The second-order valence-corrected chi connectivity index (χ2v) is 6.10. The normalized spacial score (nSPS) is 17.5. The number of carbonyl (C=O) groups is 1. The highest BCUT2D eigenvalue weighted by Crippen LogP contribution is 2.30. The molecule has 2 aromatic heterocycles. The van der Waals surface area contributed by atoms with Crippen molar-refractivity contribution in [3.63, 3.8) is 0 Å². The molecule has 0 spiro atoms. The molecule has 1 fully saturated rings. The van der Waals surface area contributed by atoms with Gasteiger partial charge in [-0.15, -0.1) is 0 Å². The Bertz CT molecular complexity index is 898. The van der Waals surface area contributed by atoms with Crippen molar-refractivity contribution in [1.29, 1.82) is 0 Å². The van der Waals surface area contributed by atoms with E-state index in [2.05, 4.69) is 10.1 Å². The molecule has 1 amide bonds. The molecule has 0 aromatic carbocycles. The van der Waals surface area contributed by atoms with E-state index < -0.39 is 29.2 Å². The van der Waals surface area contributed by atoms with E-state index >= 15 is 0 Å². The van der Waals surface area contributed by atoms with Gasteiger partial charge in [0.2, 0.25) is 5.91 Å². The van der Waals surface area contributed by atoms with Crippen molar-refractivity contribution in [2.75, 3.05) is 11.4 Å². The fraction of sp³-hybridized carbons (Fsp3) is 0.333. The summed E-state index contributed by atoms with van der Waals surface area (Å²) in [4.78, 5) is 29.2. The summed E-state index contributed by atoms with van der Waals surface area (Å²) in [5.74, 6) is -0.642. The zero-order valence-corrected chi connectivity index (χ0v) is 14.0. The molecule has 0 radical (unpaired) electrons. The zero-order valence-electron chi connectivity index (χ0n) is 13.2. The number of nitrogens with two attached hydrogens (primary N) is 1. The van der Waals surface area contributed by atoms with Gasteiger partial charge in [-0.1, -0.05) is 11.6 Å². The van der Waals surface area contributed by atoms with Gasteiger partial charge in [-0.05, 0) is 25.0 Å². The Balaban J connectivity index is 1.98. The van der Waals surface area contributed by atoms with E-state index in [1.165, 1.54) is 6.20 Å². The number of primary amides is 1. The first-order chi connectivity index (χ1) is 12.2. The summed E-state index contributed by atoms with van der Waals surface area (Å²) in [5, 5.41) is 3.71. The average molecular weight is 388 g/mol. The number of amides is 1. The number of rotatable bonds is 3. The number of carbonyl (C=O) groups excluding carboxylic acids is 1. The molecule has 2 N–H and O–H groups in total. The van der Waals surface area contributed by atoms with Crippen LogP contribution in [0.1, 0.15) is 18.4 Å². The second-order valence-electron chi connectivity index (χ2n) is 5.72. The van der Waals surface area contributed by atoms with Crippen molar-refractivity contribution in [2.45, 2.75) is 25.1 Å². The Kier molecular flexibility index (Phi) is 4.61. The van der Waals surface area contributed by atoms with Crippen LogP contribution in [0.4, 0.5) is 18.9 Å². The van der Waals surface area contributed by atoms with Crippen molar-refractivity contribution in [3.05, 3.63) is 45.5 Å². The maximum absolute atomic E-state index is 12.6. The van der Waals surface area contributed by atoms with Crippen molar-refractivity contribution in [3.8, 4) is 5.82 Å². The number of anilines is 1. The molecule has 0 aliphatic carbocycles. The summed E-state index contributed by atoms with van der Waals surface area (Å²) in [6.07, 6.45) is -1.42. The Hall–Kier alpha value is -2.62. The summed E-state index contributed by atoms with van der Waals surface area (Å²) in [6, 6.07) is 1.23. The van der Waals surface area contributed by atoms with Gasteiger partial charge < -0.3 is 10.6 Å². The minimum absolute atomic E-state index is 0.107. The molecule has 2 aromatic rings. The molecule has 1 atom stereocenters. The lowest BCUT2D eigenvalue weighted by molar-refractivity contribution is -0.137. The lowest BCUT2D eigenvalue weighted by Gasteiger charge is -2.24. The fourth-order valence-electron chi connectivity index (χ4n) is 2.82. The Morgan fingerprint density at radius 1 is 1.31 bits per heavy atom. The molecule has 7 nitrogen and oxygen atoms in total. The Morgan fingerprint density at radius 3 is 2.62 bits per heavy atom. The third kappa shape index (κ3) is 3.24. The van der Waals surface area contributed by atoms with Gasteiger partial charge in [0.25, 0.3) is 5.56 Å². The van der Waals surface area contributed by atoms with Crippen LogP contribution in [-0.4, -0.2) is 33.3 Å². The van der Waals surface area contributed by atoms with E-state index in [0.29, 0.717) is 25.6 Å². The molecule has 0 saturated carbocycles. The van der Waals surface area contributed by atoms with Crippen LogP contribution in [0.5, 0.6) is 0 Å². The maximum Gasteiger partial charge on any atom is 0.417 e. The molecule has 3 rings (SSSR count). The summed E-state index contributed by atoms with van der Waals surface area (Å²) in [6.45, 7) is 0.483. The maximum atomic E-state index is 12.6. The first-order valence-corrected chi connectivity index (χ1v) is 7.95. The Labute approximate surface area is 150 Å². The van der Waals surface area contributed by atoms with Crippen LogP contribution in [0.3, 0.4) is 0 Å². The molecule has 1 aliphatic rings. The molecule has 0 bridgehead atoms. The minimum Gasteiger partial charge on any atom is -0.368 e. The first kappa shape index (κ1) is 18.2. The highest BCUT2D eigenvalue weighted by molar-refractivity contribution is 6.33. The van der Waals surface area contributed by atoms with Crippen LogP contribution >= 0.6 is 11.6 Å². The van der Waals surface area contributed by atoms with Gasteiger partial charge in [0, 0.05) is 12.7 Å². The topological polar surface area (TPSA) is 94.1 Å². The molecule has 11 heteroatoms.